The van der Waals surface area contributed by atoms with E-state index in [9.17, 15) is 36.2 Å². The van der Waals surface area contributed by atoms with Crippen molar-refractivity contribution >= 4 is 17.5 Å². The third kappa shape index (κ3) is 6.18. The van der Waals surface area contributed by atoms with Crippen molar-refractivity contribution < 1.29 is 41.0 Å². The Bertz CT molecular complexity index is 1350. The van der Waals surface area contributed by atoms with Crippen LogP contribution in [0, 0.1) is 11.3 Å². The predicted octanol–water partition coefficient (Wildman–Crippen LogP) is 6.10. The Labute approximate surface area is 223 Å². The molecule has 2 aromatic carbocycles. The molecule has 1 amide bonds. The van der Waals surface area contributed by atoms with Crippen LogP contribution in [0.3, 0.4) is 0 Å². The van der Waals surface area contributed by atoms with Crippen LogP contribution in [0.5, 0.6) is 11.8 Å². The second kappa shape index (κ2) is 10.5. The molecule has 0 saturated heterocycles. The van der Waals surface area contributed by atoms with Gasteiger partial charge in [-0.25, -0.2) is 4.98 Å². The number of hydrogen-bond donors (Lipinski definition) is 2. The number of rotatable bonds is 8. The van der Waals surface area contributed by atoms with Crippen LogP contribution in [0.25, 0.3) is 22.8 Å². The van der Waals surface area contributed by atoms with Crippen molar-refractivity contribution in [2.75, 3.05) is 6.61 Å². The molecule has 0 bridgehead atoms. The molecule has 1 aromatic heterocycles. The van der Waals surface area contributed by atoms with Crippen LogP contribution in [0.1, 0.15) is 25.3 Å². The zero-order valence-corrected chi connectivity index (χ0v) is 21.0. The largest absolute Gasteiger partial charge is 0.493 e. The highest BCUT2D eigenvalue weighted by molar-refractivity contribution is 6.33. The molecule has 0 radical (unpaired) electrons. The number of nitrogens with one attached hydrogen (secondary N) is 1. The molecule has 4 rings (SSSR count). The Kier molecular flexibility index (Phi) is 7.66. The lowest BCUT2D eigenvalue weighted by Crippen LogP contribution is -2.57. The summed E-state index contributed by atoms with van der Waals surface area (Å²) in [5.74, 6) is -1.08. The van der Waals surface area contributed by atoms with Gasteiger partial charge < -0.3 is 15.2 Å². The van der Waals surface area contributed by atoms with E-state index < -0.39 is 36.2 Å². The number of aromatic hydroxyl groups is 1. The fourth-order valence-electron chi connectivity index (χ4n) is 3.44. The van der Waals surface area contributed by atoms with E-state index in [2.05, 4.69) is 15.0 Å². The van der Waals surface area contributed by atoms with E-state index in [4.69, 9.17) is 16.3 Å². The quantitative estimate of drug-likeness (QED) is 0.316. The molecule has 208 valence electrons. The maximum absolute atomic E-state index is 13.2. The molecule has 1 fully saturated rings. The van der Waals surface area contributed by atoms with Gasteiger partial charge in [0.1, 0.15) is 5.75 Å². The summed E-state index contributed by atoms with van der Waals surface area (Å²) in [7, 11) is 0. The van der Waals surface area contributed by atoms with E-state index in [-0.39, 0.29) is 34.7 Å². The van der Waals surface area contributed by atoms with Gasteiger partial charge in [0.05, 0.1) is 11.6 Å². The van der Waals surface area contributed by atoms with Gasteiger partial charge in [0.2, 0.25) is 11.3 Å². The number of carbonyl (C=O) groups excluding carboxylic acids is 1. The van der Waals surface area contributed by atoms with Crippen LogP contribution in [0.15, 0.2) is 42.5 Å². The number of nitrogens with zero attached hydrogens (tertiary/aromatic N) is 3. The van der Waals surface area contributed by atoms with Crippen LogP contribution in [0.2, 0.25) is 5.02 Å². The molecule has 2 N–H and O–H groups in total. The molecule has 0 spiro atoms. The first kappa shape index (κ1) is 28.4. The van der Waals surface area contributed by atoms with Crippen LogP contribution < -0.4 is 10.1 Å². The third-order valence-corrected chi connectivity index (χ3v) is 6.56. The minimum absolute atomic E-state index is 0.0703. The van der Waals surface area contributed by atoms with Gasteiger partial charge in [-0.05, 0) is 67.6 Å². The van der Waals surface area contributed by atoms with Crippen LogP contribution in [-0.2, 0) is 11.3 Å². The second-order valence-corrected chi connectivity index (χ2v) is 9.59. The molecule has 0 atom stereocenters. The Morgan fingerprint density at radius 2 is 1.62 bits per heavy atom. The molecule has 14 heteroatoms. The molecule has 0 unspecified atom stereocenters. The molecule has 0 aliphatic heterocycles. The minimum atomic E-state index is -5.87. The first-order chi connectivity index (χ1) is 18.2. The Morgan fingerprint density at radius 3 is 2.21 bits per heavy atom. The average Bonchev–Trinajstić information content (AvgIpc) is 3.69. The van der Waals surface area contributed by atoms with Gasteiger partial charge in [-0.15, -0.1) is 0 Å². The summed E-state index contributed by atoms with van der Waals surface area (Å²) in [6.07, 6.45) is -9.47. The highest BCUT2D eigenvalue weighted by Crippen LogP contribution is 2.50. The van der Waals surface area contributed by atoms with Crippen molar-refractivity contribution in [2.45, 2.75) is 38.7 Å². The molecule has 7 nitrogen and oxygen atoms in total. The Hall–Kier alpha value is -3.61. The highest BCUT2D eigenvalue weighted by Gasteiger charge is 2.72. The monoisotopic (exact) mass is 574 g/mol. The van der Waals surface area contributed by atoms with Crippen LogP contribution in [0.4, 0.5) is 26.3 Å². The first-order valence-corrected chi connectivity index (χ1v) is 12.0. The predicted molar refractivity (Wildman–Crippen MR) is 128 cm³/mol. The standard InChI is InChI=1S/C25H21ClF6N4O3/c1-23(24(27,28)29,25(30,31)32)21(37)33-11-14-4-9-18(26)17(10-14)20-34-19(35-22(38)36-20)15-5-7-16(8-6-15)39-12-13-2-3-13/h4-10,13H,2-3,11-12H2,1H3,(H,33,37)(H,34,35,36,38). The summed E-state index contributed by atoms with van der Waals surface area (Å²) < 4.78 is 84.7. The van der Waals surface area contributed by atoms with E-state index in [1.54, 1.807) is 29.6 Å². The van der Waals surface area contributed by atoms with E-state index in [1.807, 2.05) is 0 Å². The fourth-order valence-corrected chi connectivity index (χ4v) is 3.65. The maximum Gasteiger partial charge on any atom is 0.411 e. The summed E-state index contributed by atoms with van der Waals surface area (Å²) in [4.78, 5) is 24.1. The van der Waals surface area contributed by atoms with E-state index in [1.165, 1.54) is 18.2 Å². The van der Waals surface area contributed by atoms with Crippen molar-refractivity contribution in [3.05, 3.63) is 53.1 Å². The second-order valence-electron chi connectivity index (χ2n) is 9.18. The first-order valence-electron chi connectivity index (χ1n) is 11.6. The number of ether oxygens (including phenoxy) is 1. The highest BCUT2D eigenvalue weighted by atomic mass is 35.5. The summed E-state index contributed by atoms with van der Waals surface area (Å²) in [6.45, 7) is -0.287. The maximum atomic E-state index is 13.2. The summed E-state index contributed by atoms with van der Waals surface area (Å²) >= 11 is 6.24. The smallest absolute Gasteiger partial charge is 0.411 e. The van der Waals surface area contributed by atoms with E-state index in [0.29, 0.717) is 23.8 Å². The number of benzene rings is 2. The van der Waals surface area contributed by atoms with E-state index in [0.717, 1.165) is 12.8 Å². The van der Waals surface area contributed by atoms with Crippen molar-refractivity contribution in [1.82, 2.24) is 20.3 Å². The lowest BCUT2D eigenvalue weighted by Gasteiger charge is -2.32. The average molecular weight is 575 g/mol. The van der Waals surface area contributed by atoms with Gasteiger partial charge in [0, 0.05) is 17.7 Å². The lowest BCUT2D eigenvalue weighted by molar-refractivity contribution is -0.319. The number of hydrogen-bond acceptors (Lipinski definition) is 6. The molecular formula is C25H21ClF6N4O3. The molecule has 1 aliphatic rings. The Balaban J connectivity index is 1.55. The number of amides is 1. The number of alkyl halides is 6. The van der Waals surface area contributed by atoms with Gasteiger partial charge in [-0.2, -0.15) is 36.3 Å². The normalized spacial score (nSPS) is 14.3. The van der Waals surface area contributed by atoms with Crippen molar-refractivity contribution in [3.63, 3.8) is 0 Å². The van der Waals surface area contributed by atoms with Gasteiger partial charge in [-0.3, -0.25) is 4.79 Å². The van der Waals surface area contributed by atoms with Gasteiger partial charge in [0.15, 0.2) is 11.6 Å². The molecule has 1 saturated carbocycles. The van der Waals surface area contributed by atoms with Gasteiger partial charge in [-0.1, -0.05) is 17.7 Å². The minimum Gasteiger partial charge on any atom is -0.493 e. The van der Waals surface area contributed by atoms with Crippen molar-refractivity contribution in [1.29, 1.82) is 0 Å². The lowest BCUT2D eigenvalue weighted by atomic mass is 9.87. The molecule has 3 aromatic rings. The summed E-state index contributed by atoms with van der Waals surface area (Å²) in [5, 5.41) is 11.9. The van der Waals surface area contributed by atoms with Crippen molar-refractivity contribution in [2.24, 2.45) is 11.3 Å². The van der Waals surface area contributed by atoms with Crippen LogP contribution >= 0.6 is 11.6 Å². The zero-order chi connectivity index (χ0) is 28.6. The van der Waals surface area contributed by atoms with Gasteiger partial charge >= 0.3 is 18.4 Å². The number of aromatic nitrogens is 3. The molecular weight excluding hydrogens is 554 g/mol. The molecule has 39 heavy (non-hydrogen) atoms. The molecule has 1 aliphatic carbocycles. The molecule has 1 heterocycles. The van der Waals surface area contributed by atoms with E-state index >= 15 is 0 Å². The van der Waals surface area contributed by atoms with Crippen LogP contribution in [-0.4, -0.2) is 44.9 Å². The fraction of sp³-hybridized carbons (Fsp3) is 0.360. The third-order valence-electron chi connectivity index (χ3n) is 6.23. The Morgan fingerprint density at radius 1 is 1.00 bits per heavy atom. The number of halogens is 7. The zero-order valence-electron chi connectivity index (χ0n) is 20.2. The van der Waals surface area contributed by atoms with Gasteiger partial charge in [0.25, 0.3) is 0 Å². The number of carbonyl (C=O) groups is 1. The van der Waals surface area contributed by atoms with Crippen molar-refractivity contribution in [3.8, 4) is 34.5 Å². The SMILES string of the molecule is CC(C(=O)NCc1ccc(Cl)c(-c2nc(O)nc(-c3ccc(OCC4CC4)cc3)n2)c1)(C(F)(F)F)C(F)(F)F. The topological polar surface area (TPSA) is 97.2 Å². The summed E-state index contributed by atoms with van der Waals surface area (Å²) in [6, 6.07) is 10.00. The summed E-state index contributed by atoms with van der Waals surface area (Å²) in [5.41, 5.74) is -3.90.